The average Bonchev–Trinajstić information content (AvgIpc) is 0.918. The molecule has 0 aliphatic rings. The van der Waals surface area contributed by atoms with Gasteiger partial charge in [0, 0.05) is 32.7 Å². The zero-order chi connectivity index (χ0) is 2.71. The summed E-state index contributed by atoms with van der Waals surface area (Å²) >= 11 is 0. The Hall–Kier alpha value is 1.02. The Bertz CT molecular complexity index is 6.00. The van der Waals surface area contributed by atoms with E-state index in [4.69, 9.17) is 10.2 Å². The second kappa shape index (κ2) is 8.98. The second-order valence-electron chi connectivity index (χ2n) is 0.141. The van der Waals surface area contributed by atoms with Gasteiger partial charge in [-0.25, -0.2) is 0 Å². The van der Waals surface area contributed by atoms with Crippen molar-refractivity contribution in [3.05, 3.63) is 0 Å². The zero-order valence-corrected chi connectivity index (χ0v) is 5.02. The van der Waals surface area contributed by atoms with Gasteiger partial charge in [-0.15, -0.1) is 0 Å². The van der Waals surface area contributed by atoms with E-state index in [9.17, 15) is 0 Å². The molecule has 0 heterocycles. The van der Waals surface area contributed by atoms with Crippen molar-refractivity contribution in [1.29, 1.82) is 0 Å². The second-order valence-corrected chi connectivity index (χ2v) is 0.141. The number of rotatable bonds is 0. The summed E-state index contributed by atoms with van der Waals surface area (Å²) in [6.45, 7) is -0.750. The topological polar surface area (TPSA) is 40.5 Å². The summed E-state index contributed by atoms with van der Waals surface area (Å²) in [7, 11) is 0. The van der Waals surface area contributed by atoms with E-state index < -0.39 is 6.79 Å². The molecule has 0 spiro atoms. The summed E-state index contributed by atoms with van der Waals surface area (Å²) in [6.07, 6.45) is 0. The van der Waals surface area contributed by atoms with Gasteiger partial charge in [0.05, 0.1) is 0 Å². The third-order valence-electron chi connectivity index (χ3n) is 0. The molecule has 0 aromatic rings. The predicted octanol–water partition coefficient (Wildman–Crippen LogP) is -1.07. The van der Waals surface area contributed by atoms with Gasteiger partial charge in [0.15, 0.2) is 0 Å². The molecule has 0 unspecified atom stereocenters. The molecule has 0 fully saturated rings. The van der Waals surface area contributed by atoms with E-state index in [-0.39, 0.29) is 32.7 Å². The molecule has 0 atom stereocenters. The van der Waals surface area contributed by atoms with Gasteiger partial charge in [-0.2, -0.15) is 0 Å². The zero-order valence-electron chi connectivity index (χ0n) is 2.18. The fraction of sp³-hybridized carbons (Fsp3) is 1.00. The molecule has 0 aromatic heterocycles. The number of aliphatic hydroxyl groups excluding tert-OH is 1. The quantitative estimate of drug-likeness (QED) is 0.417. The summed E-state index contributed by atoms with van der Waals surface area (Å²) in [5.41, 5.74) is 0. The number of hydrogen-bond acceptors (Lipinski definition) is 2. The van der Waals surface area contributed by atoms with E-state index in [2.05, 4.69) is 0 Å². The Morgan fingerprint density at radius 3 is 1.25 bits per heavy atom. The van der Waals surface area contributed by atoms with Gasteiger partial charge in [-0.1, -0.05) is 0 Å². The Morgan fingerprint density at radius 1 is 1.25 bits per heavy atom. The van der Waals surface area contributed by atoms with Crippen LogP contribution in [-0.4, -0.2) is 17.0 Å². The maximum atomic E-state index is 7.12. The molecule has 0 aliphatic carbocycles. The largest absolute Gasteiger partial charge is 0.371 e. The Kier molecular flexibility index (Phi) is 20.0. The van der Waals surface area contributed by atoms with Crippen molar-refractivity contribution in [3.63, 3.8) is 0 Å². The number of hydrogen-bond donors (Lipinski definition) is 2. The van der Waals surface area contributed by atoms with E-state index in [0.717, 1.165) is 0 Å². The molecule has 0 bridgehead atoms. The van der Waals surface area contributed by atoms with Crippen LogP contribution in [0.5, 0.6) is 0 Å². The SMILES string of the molecule is OCO.[Y]. The Morgan fingerprint density at radius 2 is 1.25 bits per heavy atom. The third kappa shape index (κ3) is 11.8. The van der Waals surface area contributed by atoms with Crippen molar-refractivity contribution in [2.75, 3.05) is 6.79 Å². The normalized spacial score (nSPS) is 4.50. The fourth-order valence-corrected chi connectivity index (χ4v) is 0. The summed E-state index contributed by atoms with van der Waals surface area (Å²) in [5.74, 6) is 0. The van der Waals surface area contributed by atoms with E-state index in [1.165, 1.54) is 0 Å². The maximum absolute atomic E-state index is 7.12. The molecule has 3 heteroatoms. The van der Waals surface area contributed by atoms with Crippen LogP contribution in [0.2, 0.25) is 0 Å². The summed E-state index contributed by atoms with van der Waals surface area (Å²) < 4.78 is 0. The average molecular weight is 137 g/mol. The summed E-state index contributed by atoms with van der Waals surface area (Å²) in [5, 5.41) is 14.2. The van der Waals surface area contributed by atoms with Crippen LogP contribution in [0.3, 0.4) is 0 Å². The van der Waals surface area contributed by atoms with Crippen LogP contribution in [0.25, 0.3) is 0 Å². The molecule has 0 amide bonds. The predicted molar refractivity (Wildman–Crippen MR) is 9.30 cm³/mol. The van der Waals surface area contributed by atoms with Crippen molar-refractivity contribution in [2.24, 2.45) is 0 Å². The van der Waals surface area contributed by atoms with Crippen molar-refractivity contribution in [2.45, 2.75) is 0 Å². The van der Waals surface area contributed by atoms with Crippen LogP contribution in [0.15, 0.2) is 0 Å². The molecule has 4 heavy (non-hydrogen) atoms. The Labute approximate surface area is 49.7 Å². The molecule has 1 radical (unpaired) electrons. The van der Waals surface area contributed by atoms with Gasteiger partial charge < -0.3 is 10.2 Å². The van der Waals surface area contributed by atoms with Crippen LogP contribution in [-0.2, 0) is 32.7 Å². The van der Waals surface area contributed by atoms with Crippen LogP contribution in [0.1, 0.15) is 0 Å². The van der Waals surface area contributed by atoms with E-state index in [0.29, 0.717) is 0 Å². The summed E-state index contributed by atoms with van der Waals surface area (Å²) in [4.78, 5) is 0. The van der Waals surface area contributed by atoms with Gasteiger partial charge in [0.1, 0.15) is 6.79 Å². The van der Waals surface area contributed by atoms with Crippen molar-refractivity contribution < 1.29 is 42.9 Å². The molecule has 0 saturated carbocycles. The third-order valence-corrected chi connectivity index (χ3v) is 0. The van der Waals surface area contributed by atoms with Crippen LogP contribution < -0.4 is 0 Å². The van der Waals surface area contributed by atoms with E-state index >= 15 is 0 Å². The van der Waals surface area contributed by atoms with Crippen LogP contribution in [0, 0.1) is 0 Å². The van der Waals surface area contributed by atoms with Gasteiger partial charge in [0.2, 0.25) is 0 Å². The Balaban J connectivity index is 0. The molecular formula is CH4O2Y. The first-order chi connectivity index (χ1) is 1.41. The number of aliphatic hydroxyl groups is 2. The monoisotopic (exact) mass is 137 g/mol. The van der Waals surface area contributed by atoms with Crippen molar-refractivity contribution >= 4 is 0 Å². The van der Waals surface area contributed by atoms with Gasteiger partial charge >= 0.3 is 0 Å². The molecular weight excluding hydrogens is 133 g/mol. The molecule has 2 N–H and O–H groups in total. The van der Waals surface area contributed by atoms with Gasteiger partial charge in [-0.3, -0.25) is 0 Å². The molecule has 2 nitrogen and oxygen atoms in total. The van der Waals surface area contributed by atoms with Crippen molar-refractivity contribution in [3.8, 4) is 0 Å². The van der Waals surface area contributed by atoms with Gasteiger partial charge in [-0.05, 0) is 0 Å². The smallest absolute Gasteiger partial charge is 0.140 e. The molecule has 0 saturated heterocycles. The molecule has 0 rings (SSSR count). The first-order valence-electron chi connectivity index (χ1n) is 0.632. The van der Waals surface area contributed by atoms with E-state index in [1.807, 2.05) is 0 Å². The summed E-state index contributed by atoms with van der Waals surface area (Å²) in [6, 6.07) is 0. The van der Waals surface area contributed by atoms with E-state index in [1.54, 1.807) is 0 Å². The minimum atomic E-state index is -0.750. The fourth-order valence-electron chi connectivity index (χ4n) is 0. The van der Waals surface area contributed by atoms with Crippen molar-refractivity contribution in [1.82, 2.24) is 0 Å². The van der Waals surface area contributed by atoms with Crippen LogP contribution >= 0.6 is 0 Å². The maximum Gasteiger partial charge on any atom is 0.140 e. The van der Waals surface area contributed by atoms with Gasteiger partial charge in [0.25, 0.3) is 0 Å². The first-order valence-corrected chi connectivity index (χ1v) is 0.632. The molecule has 0 aromatic carbocycles. The van der Waals surface area contributed by atoms with Crippen LogP contribution in [0.4, 0.5) is 0 Å². The minimum Gasteiger partial charge on any atom is -0.371 e. The molecule has 23 valence electrons. The minimum absolute atomic E-state index is 0. The first kappa shape index (κ1) is 8.90. The molecule has 0 aliphatic heterocycles. The standard InChI is InChI=1S/CH4O2.Y/c2-1-3;/h2-3H,1H2;.